The second-order valence-corrected chi connectivity index (χ2v) is 7.55. The molecule has 1 aliphatic rings. The highest BCUT2D eigenvalue weighted by Crippen LogP contribution is 2.56. The fourth-order valence-corrected chi connectivity index (χ4v) is 3.99. The van der Waals surface area contributed by atoms with Gasteiger partial charge in [-0.1, -0.05) is 44.2 Å². The number of carbonyl (C=O) groups excluding carboxylic acids is 1. The van der Waals surface area contributed by atoms with Gasteiger partial charge in [0.1, 0.15) is 0 Å². The van der Waals surface area contributed by atoms with Gasteiger partial charge in [0.15, 0.2) is 0 Å². The number of amides is 1. The minimum absolute atomic E-state index is 0.0463. The van der Waals surface area contributed by atoms with Gasteiger partial charge in [-0.3, -0.25) is 9.78 Å². The standard InChI is InChI=1S/C23H22N2O/c1-15(26)25-21-9-5-4-8-18(21)19-14-23(2,3)22(19)17-10-11-20-16(13-17)7-6-12-24-20/h4-13H,14H2,1-3H3,(H,25,26). The third kappa shape index (κ3) is 2.80. The predicted molar refractivity (Wildman–Crippen MR) is 108 cm³/mol. The smallest absolute Gasteiger partial charge is 0.221 e. The molecule has 130 valence electrons. The number of rotatable bonds is 3. The Kier molecular flexibility index (Phi) is 3.87. The molecular weight excluding hydrogens is 320 g/mol. The van der Waals surface area contributed by atoms with Gasteiger partial charge in [-0.2, -0.15) is 0 Å². The van der Waals surface area contributed by atoms with E-state index in [0.29, 0.717) is 0 Å². The first-order valence-electron chi connectivity index (χ1n) is 8.91. The monoisotopic (exact) mass is 342 g/mol. The Labute approximate surface area is 153 Å². The minimum Gasteiger partial charge on any atom is -0.326 e. The van der Waals surface area contributed by atoms with E-state index in [1.807, 2.05) is 30.5 Å². The van der Waals surface area contributed by atoms with Crippen molar-refractivity contribution in [1.29, 1.82) is 0 Å². The van der Waals surface area contributed by atoms with E-state index < -0.39 is 0 Å². The molecule has 1 aliphatic carbocycles. The quantitative estimate of drug-likeness (QED) is 0.679. The summed E-state index contributed by atoms with van der Waals surface area (Å²) in [5.41, 5.74) is 7.00. The first-order valence-corrected chi connectivity index (χ1v) is 8.91. The molecule has 0 spiro atoms. The third-order valence-electron chi connectivity index (χ3n) is 5.05. The molecule has 0 saturated carbocycles. The van der Waals surface area contributed by atoms with E-state index in [1.165, 1.54) is 16.7 Å². The van der Waals surface area contributed by atoms with E-state index in [9.17, 15) is 4.79 Å². The molecule has 0 bridgehead atoms. The molecule has 0 atom stereocenters. The molecule has 3 nitrogen and oxygen atoms in total. The summed E-state index contributed by atoms with van der Waals surface area (Å²) in [6.07, 6.45) is 2.81. The van der Waals surface area contributed by atoms with Gasteiger partial charge in [-0.25, -0.2) is 0 Å². The fraction of sp³-hybridized carbons (Fsp3) is 0.217. The molecule has 3 aromatic rings. The Balaban J connectivity index is 1.88. The van der Waals surface area contributed by atoms with Gasteiger partial charge in [0.05, 0.1) is 5.52 Å². The number of nitrogens with zero attached hydrogens (tertiary/aromatic N) is 1. The van der Waals surface area contributed by atoms with Crippen LogP contribution in [0.15, 0.2) is 60.8 Å². The van der Waals surface area contributed by atoms with Crippen molar-refractivity contribution in [2.75, 3.05) is 5.32 Å². The van der Waals surface area contributed by atoms with Crippen molar-refractivity contribution in [1.82, 2.24) is 4.98 Å². The van der Waals surface area contributed by atoms with Gasteiger partial charge >= 0.3 is 0 Å². The molecule has 1 amide bonds. The molecule has 0 radical (unpaired) electrons. The second-order valence-electron chi connectivity index (χ2n) is 7.55. The zero-order valence-corrected chi connectivity index (χ0v) is 15.3. The van der Waals surface area contributed by atoms with Crippen LogP contribution in [0.1, 0.15) is 38.3 Å². The van der Waals surface area contributed by atoms with Crippen molar-refractivity contribution < 1.29 is 4.79 Å². The Bertz CT molecular complexity index is 1050. The number of carbonyl (C=O) groups is 1. The topological polar surface area (TPSA) is 42.0 Å². The van der Waals surface area contributed by atoms with Gasteiger partial charge in [0.2, 0.25) is 5.91 Å². The molecule has 0 saturated heterocycles. The maximum Gasteiger partial charge on any atom is 0.221 e. The summed E-state index contributed by atoms with van der Waals surface area (Å²) in [7, 11) is 0. The molecule has 1 aromatic heterocycles. The highest BCUT2D eigenvalue weighted by Gasteiger charge is 2.38. The molecule has 3 heteroatoms. The van der Waals surface area contributed by atoms with Crippen molar-refractivity contribution in [3.05, 3.63) is 71.9 Å². The number of nitrogens with one attached hydrogen (secondary N) is 1. The van der Waals surface area contributed by atoms with Crippen LogP contribution in [0, 0.1) is 5.41 Å². The van der Waals surface area contributed by atoms with Gasteiger partial charge in [-0.05, 0) is 52.8 Å². The Morgan fingerprint density at radius 2 is 1.88 bits per heavy atom. The number of benzene rings is 2. The molecule has 0 fully saturated rings. The number of para-hydroxylation sites is 1. The SMILES string of the molecule is CC(=O)Nc1ccccc1C1=C(c2ccc3ncccc3c2)C(C)(C)C1. The summed E-state index contributed by atoms with van der Waals surface area (Å²) in [6, 6.07) is 18.6. The molecular formula is C23H22N2O. The molecule has 0 aliphatic heterocycles. The fourth-order valence-electron chi connectivity index (χ4n) is 3.99. The summed E-state index contributed by atoms with van der Waals surface area (Å²) in [5, 5.41) is 4.12. The number of hydrogen-bond donors (Lipinski definition) is 1. The summed E-state index contributed by atoms with van der Waals surface area (Å²) in [5.74, 6) is -0.0463. The van der Waals surface area contributed by atoms with Gasteiger partial charge in [0.25, 0.3) is 0 Å². The second kappa shape index (κ2) is 6.10. The number of hydrogen-bond acceptors (Lipinski definition) is 2. The van der Waals surface area contributed by atoms with Crippen molar-refractivity contribution in [3.63, 3.8) is 0 Å². The predicted octanol–water partition coefficient (Wildman–Crippen LogP) is 5.53. The van der Waals surface area contributed by atoms with Crippen LogP contribution in [0.4, 0.5) is 5.69 Å². The van der Waals surface area contributed by atoms with Crippen LogP contribution in [-0.4, -0.2) is 10.9 Å². The van der Waals surface area contributed by atoms with Crippen molar-refractivity contribution in [2.24, 2.45) is 5.41 Å². The van der Waals surface area contributed by atoms with E-state index in [2.05, 4.69) is 54.5 Å². The van der Waals surface area contributed by atoms with Crippen molar-refractivity contribution in [2.45, 2.75) is 27.2 Å². The maximum absolute atomic E-state index is 11.6. The van der Waals surface area contributed by atoms with Crippen molar-refractivity contribution >= 4 is 33.6 Å². The first kappa shape index (κ1) is 16.5. The number of anilines is 1. The molecule has 0 unspecified atom stereocenters. The highest BCUT2D eigenvalue weighted by molar-refractivity contribution is 6.05. The van der Waals surface area contributed by atoms with Crippen LogP contribution in [0.25, 0.3) is 22.0 Å². The zero-order valence-electron chi connectivity index (χ0n) is 15.3. The van der Waals surface area contributed by atoms with Gasteiger partial charge < -0.3 is 5.32 Å². The lowest BCUT2D eigenvalue weighted by atomic mass is 9.62. The van der Waals surface area contributed by atoms with Crippen LogP contribution in [-0.2, 0) is 4.79 Å². The summed E-state index contributed by atoms with van der Waals surface area (Å²) >= 11 is 0. The lowest BCUT2D eigenvalue weighted by molar-refractivity contribution is -0.114. The van der Waals surface area contributed by atoms with Crippen LogP contribution < -0.4 is 5.32 Å². The Morgan fingerprint density at radius 3 is 2.65 bits per heavy atom. The largest absolute Gasteiger partial charge is 0.326 e. The van der Waals surface area contributed by atoms with Gasteiger partial charge in [-0.15, -0.1) is 0 Å². The third-order valence-corrected chi connectivity index (χ3v) is 5.05. The van der Waals surface area contributed by atoms with E-state index >= 15 is 0 Å². The summed E-state index contributed by atoms with van der Waals surface area (Å²) < 4.78 is 0. The zero-order chi connectivity index (χ0) is 18.3. The number of aromatic nitrogens is 1. The van der Waals surface area contributed by atoms with Crippen molar-refractivity contribution in [3.8, 4) is 0 Å². The molecule has 2 aromatic carbocycles. The van der Waals surface area contributed by atoms with Crippen LogP contribution in [0.5, 0.6) is 0 Å². The lowest BCUT2D eigenvalue weighted by Gasteiger charge is -2.42. The molecule has 26 heavy (non-hydrogen) atoms. The molecule has 4 rings (SSSR count). The minimum atomic E-state index is -0.0463. The average Bonchev–Trinajstić information content (AvgIpc) is 2.60. The average molecular weight is 342 g/mol. The molecule has 1 N–H and O–H groups in total. The van der Waals surface area contributed by atoms with Gasteiger partial charge in [0, 0.05) is 29.8 Å². The van der Waals surface area contributed by atoms with Crippen LogP contribution in [0.3, 0.4) is 0 Å². The Hall–Kier alpha value is -2.94. The first-order chi connectivity index (χ1) is 12.5. The highest BCUT2D eigenvalue weighted by atomic mass is 16.1. The number of fused-ring (bicyclic) bond motifs is 1. The number of pyridine rings is 1. The normalized spacial score (nSPS) is 15.7. The number of allylic oxidation sites excluding steroid dienone is 2. The maximum atomic E-state index is 11.6. The van der Waals surface area contributed by atoms with E-state index in [4.69, 9.17) is 0 Å². The van der Waals surface area contributed by atoms with E-state index in [-0.39, 0.29) is 11.3 Å². The molecule has 1 heterocycles. The van der Waals surface area contributed by atoms with Crippen LogP contribution >= 0.6 is 0 Å². The van der Waals surface area contributed by atoms with E-state index in [1.54, 1.807) is 6.92 Å². The summed E-state index contributed by atoms with van der Waals surface area (Å²) in [6.45, 7) is 6.10. The summed E-state index contributed by atoms with van der Waals surface area (Å²) in [4.78, 5) is 16.0. The lowest BCUT2D eigenvalue weighted by Crippen LogP contribution is -2.26. The Morgan fingerprint density at radius 1 is 1.08 bits per heavy atom. The van der Waals surface area contributed by atoms with Crippen LogP contribution in [0.2, 0.25) is 0 Å². The van der Waals surface area contributed by atoms with E-state index in [0.717, 1.165) is 28.6 Å².